The molecule has 0 N–H and O–H groups in total. The number of hydrogen-bond acceptors (Lipinski definition) is 2. The Hall–Kier alpha value is -1.49. The van der Waals surface area contributed by atoms with E-state index >= 15 is 0 Å². The molecule has 0 aliphatic heterocycles. The molecule has 0 amide bonds. The molecule has 21 heavy (non-hydrogen) atoms. The average molecular weight is 390 g/mol. The summed E-state index contributed by atoms with van der Waals surface area (Å²) in [5, 5.41) is 0. The predicted octanol–water partition coefficient (Wildman–Crippen LogP) is 3.31. The van der Waals surface area contributed by atoms with Gasteiger partial charge < -0.3 is 0 Å². The van der Waals surface area contributed by atoms with Crippen molar-refractivity contribution in [3.8, 4) is 0 Å². The van der Waals surface area contributed by atoms with Crippen LogP contribution in [-0.2, 0) is 35.3 Å². The molecule has 0 unspecified atom stereocenters. The highest BCUT2D eigenvalue weighted by atomic mass is 127. The molecule has 2 nitrogen and oxygen atoms in total. The third-order valence-corrected chi connectivity index (χ3v) is 4.74. The van der Waals surface area contributed by atoms with Gasteiger partial charge in [-0.15, -0.1) is 0 Å². The van der Waals surface area contributed by atoms with E-state index in [0.717, 1.165) is 25.8 Å². The lowest BCUT2D eigenvalue weighted by Crippen LogP contribution is -2.11. The Morgan fingerprint density at radius 2 is 1.14 bits per heavy atom. The van der Waals surface area contributed by atoms with Crippen molar-refractivity contribution >= 4 is 34.2 Å². The number of hydrogen-bond donors (Lipinski definition) is 0. The molecule has 4 bridgehead atoms. The Morgan fingerprint density at radius 1 is 0.667 bits per heavy atom. The van der Waals surface area contributed by atoms with Crippen LogP contribution in [0.4, 0.5) is 0 Å². The number of carbonyl (C=O) groups is 2. The Kier molecular flexibility index (Phi) is 4.19. The first-order valence-corrected chi connectivity index (χ1v) is 8.06. The fourth-order valence-electron chi connectivity index (χ4n) is 2.64. The van der Waals surface area contributed by atoms with Gasteiger partial charge in [0.15, 0.2) is 0 Å². The van der Waals surface area contributed by atoms with Crippen LogP contribution in [0, 0.1) is 3.57 Å². The zero-order valence-corrected chi connectivity index (χ0v) is 13.7. The minimum Gasteiger partial charge on any atom is -0.299 e. The van der Waals surface area contributed by atoms with Crippen LogP contribution in [0.15, 0.2) is 42.5 Å². The molecular formula is C18H15IO2. The molecule has 2 aromatic carbocycles. The fourth-order valence-corrected chi connectivity index (χ4v) is 3.41. The van der Waals surface area contributed by atoms with Crippen LogP contribution < -0.4 is 0 Å². The molecule has 0 saturated carbocycles. The Morgan fingerprint density at radius 3 is 1.71 bits per heavy atom. The van der Waals surface area contributed by atoms with E-state index in [1.807, 2.05) is 42.5 Å². The predicted molar refractivity (Wildman–Crippen MR) is 90.4 cm³/mol. The van der Waals surface area contributed by atoms with Gasteiger partial charge in [-0.25, -0.2) is 0 Å². The highest BCUT2D eigenvalue weighted by Gasteiger charge is 2.12. The van der Waals surface area contributed by atoms with Crippen molar-refractivity contribution in [1.82, 2.24) is 0 Å². The molecule has 6 rings (SSSR count). The first-order valence-electron chi connectivity index (χ1n) is 6.99. The van der Waals surface area contributed by atoms with Crippen LogP contribution >= 0.6 is 22.6 Å². The molecule has 4 aliphatic rings. The maximum Gasteiger partial charge on any atom is 0.141 e. The summed E-state index contributed by atoms with van der Waals surface area (Å²) in [5.74, 6) is 0.445. The van der Waals surface area contributed by atoms with Crippen molar-refractivity contribution in [2.75, 3.05) is 0 Å². The van der Waals surface area contributed by atoms with E-state index in [-0.39, 0.29) is 11.6 Å². The summed E-state index contributed by atoms with van der Waals surface area (Å²) in [5.41, 5.74) is 4.10. The monoisotopic (exact) mass is 390 g/mol. The van der Waals surface area contributed by atoms with Crippen molar-refractivity contribution < 1.29 is 9.59 Å². The van der Waals surface area contributed by atoms with Crippen LogP contribution in [0.3, 0.4) is 0 Å². The van der Waals surface area contributed by atoms with Gasteiger partial charge in [0, 0.05) is 29.3 Å². The van der Waals surface area contributed by atoms with Gasteiger partial charge in [0.25, 0.3) is 0 Å². The summed E-state index contributed by atoms with van der Waals surface area (Å²) in [6, 6.07) is 13.8. The molecule has 3 heteroatoms. The minimum atomic E-state index is 0.222. The molecule has 0 fully saturated rings. The lowest BCUT2D eigenvalue weighted by molar-refractivity contribution is -0.118. The number of ketones is 2. The Bertz CT molecular complexity index is 702. The maximum absolute atomic E-state index is 12.2. The Labute approximate surface area is 137 Å². The van der Waals surface area contributed by atoms with E-state index in [1.165, 1.54) is 0 Å². The summed E-state index contributed by atoms with van der Waals surface area (Å²) in [4.78, 5) is 24.3. The second kappa shape index (κ2) is 6.10. The van der Waals surface area contributed by atoms with E-state index in [2.05, 4.69) is 22.6 Å². The van der Waals surface area contributed by atoms with Gasteiger partial charge in [0.2, 0.25) is 0 Å². The minimum absolute atomic E-state index is 0.222. The summed E-state index contributed by atoms with van der Waals surface area (Å²) in [6.45, 7) is 0. The molecule has 0 spiro atoms. The van der Waals surface area contributed by atoms with E-state index in [4.69, 9.17) is 0 Å². The van der Waals surface area contributed by atoms with Crippen molar-refractivity contribution in [1.29, 1.82) is 0 Å². The first kappa shape index (κ1) is 14.4. The fraction of sp³-hybridized carbons (Fsp3) is 0.222. The molecule has 0 saturated heterocycles. The van der Waals surface area contributed by atoms with E-state index in [9.17, 15) is 9.59 Å². The van der Waals surface area contributed by atoms with Crippen LogP contribution in [-0.4, -0.2) is 11.6 Å². The third kappa shape index (κ3) is 3.59. The molecule has 0 aromatic heterocycles. The van der Waals surface area contributed by atoms with Crippen LogP contribution in [0.25, 0.3) is 0 Å². The zero-order chi connectivity index (χ0) is 14.8. The number of rotatable bonds is 0. The Balaban J connectivity index is 1.98. The zero-order valence-electron chi connectivity index (χ0n) is 11.6. The van der Waals surface area contributed by atoms with E-state index in [1.54, 1.807) is 0 Å². The van der Waals surface area contributed by atoms with E-state index in [0.29, 0.717) is 25.7 Å². The highest BCUT2D eigenvalue weighted by molar-refractivity contribution is 14.1. The van der Waals surface area contributed by atoms with E-state index < -0.39 is 0 Å². The summed E-state index contributed by atoms with van der Waals surface area (Å²) >= 11 is 2.25. The average Bonchev–Trinajstić information content (AvgIpc) is 2.43. The lowest BCUT2D eigenvalue weighted by atomic mass is 9.96. The summed E-state index contributed by atoms with van der Waals surface area (Å²) < 4.78 is 1.07. The van der Waals surface area contributed by atoms with Crippen molar-refractivity contribution in [3.05, 3.63) is 68.3 Å². The van der Waals surface area contributed by atoms with Crippen LogP contribution in [0.5, 0.6) is 0 Å². The largest absolute Gasteiger partial charge is 0.299 e. The normalized spacial score (nSPS) is 15.3. The van der Waals surface area contributed by atoms with Gasteiger partial charge in [0.05, 0.1) is 0 Å². The van der Waals surface area contributed by atoms with Crippen LogP contribution in [0.1, 0.15) is 22.3 Å². The molecule has 106 valence electrons. The standard InChI is InChI=1S/C18H15IO2/c19-18-10-14-5-6-15(18)11-17(21)8-13-3-1-12(2-4-13)7-16(20)9-14/h1-6,10H,7-9,11H2. The molecular weight excluding hydrogens is 375 g/mol. The second-order valence-electron chi connectivity index (χ2n) is 5.53. The molecule has 2 aromatic rings. The van der Waals surface area contributed by atoms with Gasteiger partial charge in [-0.05, 0) is 50.9 Å². The smallest absolute Gasteiger partial charge is 0.141 e. The van der Waals surface area contributed by atoms with Crippen molar-refractivity contribution in [3.63, 3.8) is 0 Å². The van der Waals surface area contributed by atoms with Crippen molar-refractivity contribution in [2.24, 2.45) is 0 Å². The van der Waals surface area contributed by atoms with Gasteiger partial charge in [0.1, 0.15) is 11.6 Å². The number of benzene rings is 2. The van der Waals surface area contributed by atoms with Gasteiger partial charge >= 0.3 is 0 Å². The molecule has 0 radical (unpaired) electrons. The summed E-state index contributed by atoms with van der Waals surface area (Å²) in [6.07, 6.45) is 1.80. The molecule has 0 atom stereocenters. The van der Waals surface area contributed by atoms with Gasteiger partial charge in [-0.3, -0.25) is 9.59 Å². The number of carbonyl (C=O) groups excluding carboxylic acids is 2. The molecule has 0 heterocycles. The lowest BCUT2D eigenvalue weighted by Gasteiger charge is -2.10. The van der Waals surface area contributed by atoms with Gasteiger partial charge in [-0.2, -0.15) is 0 Å². The maximum atomic E-state index is 12.2. The third-order valence-electron chi connectivity index (χ3n) is 3.73. The van der Waals surface area contributed by atoms with Crippen molar-refractivity contribution in [2.45, 2.75) is 25.7 Å². The highest BCUT2D eigenvalue weighted by Crippen LogP contribution is 2.18. The number of Topliss-reactive ketones (excluding diaryl/α,β-unsaturated/α-hetero) is 2. The SMILES string of the molecule is O=C1Cc2ccc(cc2)CC(=O)Cc2ccc(cc2I)C1. The first-order chi connectivity index (χ1) is 10.1. The topological polar surface area (TPSA) is 34.1 Å². The number of halogens is 1. The second-order valence-corrected chi connectivity index (χ2v) is 6.69. The summed E-state index contributed by atoms with van der Waals surface area (Å²) in [7, 11) is 0. The quantitative estimate of drug-likeness (QED) is 0.647. The van der Waals surface area contributed by atoms with Gasteiger partial charge in [-0.1, -0.05) is 36.4 Å². The van der Waals surface area contributed by atoms with Crippen LogP contribution in [0.2, 0.25) is 0 Å². The molecule has 4 aliphatic carbocycles.